The van der Waals surface area contributed by atoms with E-state index in [0.29, 0.717) is 31.1 Å². The molecule has 2 aromatic carbocycles. The van der Waals surface area contributed by atoms with Crippen molar-refractivity contribution in [1.82, 2.24) is 4.90 Å². The molecule has 1 aliphatic rings. The molecule has 0 atom stereocenters. The summed E-state index contributed by atoms with van der Waals surface area (Å²) in [4.78, 5) is 14.1. The highest BCUT2D eigenvalue weighted by Gasteiger charge is 2.18. The van der Waals surface area contributed by atoms with E-state index in [1.54, 1.807) is 30.1 Å². The van der Waals surface area contributed by atoms with Crippen molar-refractivity contribution in [3.05, 3.63) is 53.1 Å². The molecule has 0 radical (unpaired) electrons. The van der Waals surface area contributed by atoms with E-state index in [-0.39, 0.29) is 11.7 Å². The van der Waals surface area contributed by atoms with Crippen LogP contribution in [0, 0.1) is 6.92 Å². The molecule has 3 rings (SSSR count). The molecule has 5 nitrogen and oxygen atoms in total. The molecule has 120 valence electrons. The van der Waals surface area contributed by atoms with Crippen molar-refractivity contribution in [2.45, 2.75) is 13.5 Å². The zero-order chi connectivity index (χ0) is 16.4. The second kappa shape index (κ2) is 6.20. The van der Waals surface area contributed by atoms with Gasteiger partial charge in [0.2, 0.25) is 0 Å². The van der Waals surface area contributed by atoms with E-state index in [9.17, 15) is 9.90 Å². The van der Waals surface area contributed by atoms with Crippen molar-refractivity contribution in [2.75, 3.05) is 20.3 Å². The lowest BCUT2D eigenvalue weighted by atomic mass is 10.1. The van der Waals surface area contributed by atoms with Crippen LogP contribution in [-0.2, 0) is 6.54 Å². The van der Waals surface area contributed by atoms with Crippen LogP contribution in [0.15, 0.2) is 36.4 Å². The molecule has 1 aliphatic heterocycles. The van der Waals surface area contributed by atoms with Crippen LogP contribution in [0.4, 0.5) is 0 Å². The average Bonchev–Trinajstić information content (AvgIpc) is 2.56. The van der Waals surface area contributed by atoms with Gasteiger partial charge in [0.25, 0.3) is 5.91 Å². The Kier molecular flexibility index (Phi) is 4.10. The van der Waals surface area contributed by atoms with Crippen molar-refractivity contribution < 1.29 is 19.4 Å². The number of phenolic OH excluding ortho intramolecular Hbond substituents is 1. The number of carbonyl (C=O) groups is 1. The van der Waals surface area contributed by atoms with Gasteiger partial charge < -0.3 is 19.5 Å². The van der Waals surface area contributed by atoms with Crippen LogP contribution in [0.25, 0.3) is 0 Å². The summed E-state index contributed by atoms with van der Waals surface area (Å²) in [7, 11) is 1.71. The van der Waals surface area contributed by atoms with Crippen molar-refractivity contribution >= 4 is 5.91 Å². The lowest BCUT2D eigenvalue weighted by Gasteiger charge is -2.21. The maximum atomic E-state index is 12.5. The largest absolute Gasteiger partial charge is 0.507 e. The molecule has 1 N–H and O–H groups in total. The summed E-state index contributed by atoms with van der Waals surface area (Å²) < 4.78 is 11.0. The maximum Gasteiger partial charge on any atom is 0.257 e. The Morgan fingerprint density at radius 2 is 1.87 bits per heavy atom. The predicted octanol–water partition coefficient (Wildman–Crippen LogP) is 2.74. The second-order valence-electron chi connectivity index (χ2n) is 5.66. The first-order chi connectivity index (χ1) is 11.0. The Morgan fingerprint density at radius 3 is 2.65 bits per heavy atom. The van der Waals surface area contributed by atoms with E-state index < -0.39 is 0 Å². The summed E-state index contributed by atoms with van der Waals surface area (Å²) in [5.74, 6) is 1.20. The monoisotopic (exact) mass is 313 g/mol. The molecule has 5 heteroatoms. The van der Waals surface area contributed by atoms with Gasteiger partial charge in [-0.1, -0.05) is 17.7 Å². The highest BCUT2D eigenvalue weighted by Crippen LogP contribution is 2.31. The predicted molar refractivity (Wildman–Crippen MR) is 86.1 cm³/mol. The quantitative estimate of drug-likeness (QED) is 0.946. The lowest BCUT2D eigenvalue weighted by Crippen LogP contribution is -2.26. The van der Waals surface area contributed by atoms with Crippen LogP contribution in [0.1, 0.15) is 21.5 Å². The fourth-order valence-corrected chi connectivity index (χ4v) is 2.56. The molecule has 0 saturated carbocycles. The summed E-state index contributed by atoms with van der Waals surface area (Å²) in [6, 6.07) is 10.7. The van der Waals surface area contributed by atoms with Crippen molar-refractivity contribution in [3.63, 3.8) is 0 Å². The van der Waals surface area contributed by atoms with Crippen LogP contribution in [-0.4, -0.2) is 36.2 Å². The van der Waals surface area contributed by atoms with Crippen LogP contribution in [0.2, 0.25) is 0 Å². The summed E-state index contributed by atoms with van der Waals surface area (Å²) in [5.41, 5.74) is 2.18. The molecule has 0 spiro atoms. The van der Waals surface area contributed by atoms with Crippen molar-refractivity contribution in [3.8, 4) is 17.2 Å². The molecular formula is C18H19NO4. The third-order valence-electron chi connectivity index (χ3n) is 3.76. The van der Waals surface area contributed by atoms with Crippen LogP contribution in [0.3, 0.4) is 0 Å². The molecule has 0 aliphatic carbocycles. The Morgan fingerprint density at radius 1 is 1.13 bits per heavy atom. The molecule has 1 heterocycles. The maximum absolute atomic E-state index is 12.5. The fourth-order valence-electron chi connectivity index (χ4n) is 2.56. The number of benzene rings is 2. The molecule has 0 unspecified atom stereocenters. The first-order valence-corrected chi connectivity index (χ1v) is 7.48. The third-order valence-corrected chi connectivity index (χ3v) is 3.76. The third kappa shape index (κ3) is 3.23. The Balaban J connectivity index is 1.77. The summed E-state index contributed by atoms with van der Waals surface area (Å²) in [5, 5.41) is 9.89. The number of ether oxygens (including phenoxy) is 2. The minimum absolute atomic E-state index is 0.00498. The van der Waals surface area contributed by atoms with Gasteiger partial charge in [0, 0.05) is 13.6 Å². The standard InChI is InChI=1S/C18H19NO4/c1-12-3-5-15(20)14(9-12)18(21)19(2)11-13-4-6-16-17(10-13)23-8-7-22-16/h3-6,9-10,20H,7-8,11H2,1-2H3. The highest BCUT2D eigenvalue weighted by atomic mass is 16.6. The van der Waals surface area contributed by atoms with E-state index in [0.717, 1.165) is 16.9 Å². The molecule has 1 amide bonds. The average molecular weight is 313 g/mol. The molecule has 0 fully saturated rings. The first kappa shape index (κ1) is 15.2. The summed E-state index contributed by atoms with van der Waals surface area (Å²) >= 11 is 0. The van der Waals surface area contributed by atoms with Gasteiger partial charge in [0.1, 0.15) is 19.0 Å². The van der Waals surface area contributed by atoms with E-state index in [4.69, 9.17) is 9.47 Å². The highest BCUT2D eigenvalue weighted by molar-refractivity contribution is 5.96. The minimum Gasteiger partial charge on any atom is -0.507 e. The van der Waals surface area contributed by atoms with E-state index >= 15 is 0 Å². The molecule has 0 bridgehead atoms. The second-order valence-corrected chi connectivity index (χ2v) is 5.66. The molecule has 23 heavy (non-hydrogen) atoms. The van der Waals surface area contributed by atoms with Gasteiger partial charge in [-0.2, -0.15) is 0 Å². The number of rotatable bonds is 3. The number of phenols is 1. The SMILES string of the molecule is Cc1ccc(O)c(C(=O)N(C)Cc2ccc3c(c2)OCCO3)c1. The molecule has 2 aromatic rings. The lowest BCUT2D eigenvalue weighted by molar-refractivity contribution is 0.0781. The molecule has 0 aromatic heterocycles. The number of carbonyl (C=O) groups excluding carboxylic acids is 1. The van der Waals surface area contributed by atoms with Gasteiger partial charge in [-0.3, -0.25) is 4.79 Å². The Bertz CT molecular complexity index is 742. The minimum atomic E-state index is -0.221. The fraction of sp³-hybridized carbons (Fsp3) is 0.278. The van der Waals surface area contributed by atoms with Gasteiger partial charge in [-0.15, -0.1) is 0 Å². The number of hydrogen-bond acceptors (Lipinski definition) is 4. The van der Waals surface area contributed by atoms with Crippen molar-refractivity contribution in [2.24, 2.45) is 0 Å². The number of aromatic hydroxyl groups is 1. The van der Waals surface area contributed by atoms with E-state index in [2.05, 4.69) is 0 Å². The van der Waals surface area contributed by atoms with Gasteiger partial charge >= 0.3 is 0 Å². The smallest absolute Gasteiger partial charge is 0.257 e. The zero-order valence-electron chi connectivity index (χ0n) is 13.2. The van der Waals surface area contributed by atoms with Crippen molar-refractivity contribution in [1.29, 1.82) is 0 Å². The van der Waals surface area contributed by atoms with Crippen LogP contribution >= 0.6 is 0 Å². The number of fused-ring (bicyclic) bond motifs is 1. The van der Waals surface area contributed by atoms with Gasteiger partial charge in [0.05, 0.1) is 5.56 Å². The van der Waals surface area contributed by atoms with E-state index in [1.165, 1.54) is 0 Å². The van der Waals surface area contributed by atoms with Gasteiger partial charge in [-0.25, -0.2) is 0 Å². The Labute approximate surface area is 135 Å². The number of amides is 1. The van der Waals surface area contributed by atoms with Gasteiger partial charge in [-0.05, 0) is 36.8 Å². The first-order valence-electron chi connectivity index (χ1n) is 7.48. The number of aryl methyl sites for hydroxylation is 1. The topological polar surface area (TPSA) is 59.0 Å². The number of nitrogens with zero attached hydrogens (tertiary/aromatic N) is 1. The van der Waals surface area contributed by atoms with E-state index in [1.807, 2.05) is 25.1 Å². The number of hydrogen-bond donors (Lipinski definition) is 1. The summed E-state index contributed by atoms with van der Waals surface area (Å²) in [6.45, 7) is 3.39. The summed E-state index contributed by atoms with van der Waals surface area (Å²) in [6.07, 6.45) is 0. The Hall–Kier alpha value is -2.69. The molecule has 0 saturated heterocycles. The van der Waals surface area contributed by atoms with Crippen LogP contribution < -0.4 is 9.47 Å². The van der Waals surface area contributed by atoms with Crippen LogP contribution in [0.5, 0.6) is 17.2 Å². The normalized spacial score (nSPS) is 12.8. The van der Waals surface area contributed by atoms with Gasteiger partial charge in [0.15, 0.2) is 11.5 Å². The zero-order valence-corrected chi connectivity index (χ0v) is 13.2. The molecular weight excluding hydrogens is 294 g/mol.